The first-order valence-corrected chi connectivity index (χ1v) is 9.79. The maximum atomic E-state index is 11.5. The fourth-order valence-electron chi connectivity index (χ4n) is 3.15. The van der Waals surface area contributed by atoms with Crippen LogP contribution in [-0.4, -0.2) is 52.0 Å². The van der Waals surface area contributed by atoms with E-state index < -0.39 is 0 Å². The van der Waals surface area contributed by atoms with E-state index in [0.29, 0.717) is 24.6 Å². The number of alkyl carbamates (subject to hydrolysis) is 1. The number of amides is 1. The molecular weight excluding hydrogens is 372 g/mol. The predicted octanol–water partition coefficient (Wildman–Crippen LogP) is 3.23. The molecule has 9 heteroatoms. The first kappa shape index (κ1) is 20.6. The summed E-state index contributed by atoms with van der Waals surface area (Å²) < 4.78 is 12.4. The van der Waals surface area contributed by atoms with Gasteiger partial charge in [-0.1, -0.05) is 0 Å². The van der Waals surface area contributed by atoms with Crippen molar-refractivity contribution in [3.8, 4) is 5.75 Å². The summed E-state index contributed by atoms with van der Waals surface area (Å²) in [6, 6.07) is 3.91. The minimum absolute atomic E-state index is 0.118. The van der Waals surface area contributed by atoms with E-state index in [0.717, 1.165) is 41.0 Å². The highest BCUT2D eigenvalue weighted by Gasteiger charge is 2.15. The molecule has 0 aliphatic rings. The molecule has 0 fully saturated rings. The highest BCUT2D eigenvalue weighted by Crippen LogP contribution is 2.28. The van der Waals surface area contributed by atoms with Gasteiger partial charge in [-0.15, -0.1) is 10.2 Å². The van der Waals surface area contributed by atoms with Crippen molar-refractivity contribution in [2.45, 2.75) is 46.6 Å². The Kier molecular flexibility index (Phi) is 6.36. The Morgan fingerprint density at radius 3 is 2.66 bits per heavy atom. The normalized spacial score (nSPS) is 11.2. The number of rotatable bonds is 8. The third kappa shape index (κ3) is 4.67. The third-order valence-electron chi connectivity index (χ3n) is 4.50. The van der Waals surface area contributed by atoms with E-state index in [1.807, 2.05) is 44.2 Å². The maximum absolute atomic E-state index is 11.5. The van der Waals surface area contributed by atoms with Crippen LogP contribution in [-0.2, 0) is 4.74 Å². The van der Waals surface area contributed by atoms with Gasteiger partial charge in [0.05, 0.1) is 24.2 Å². The first-order chi connectivity index (χ1) is 13.9. The molecule has 29 heavy (non-hydrogen) atoms. The zero-order valence-electron chi connectivity index (χ0n) is 17.6. The highest BCUT2D eigenvalue weighted by atomic mass is 16.6. The van der Waals surface area contributed by atoms with Gasteiger partial charge in [0.25, 0.3) is 0 Å². The van der Waals surface area contributed by atoms with E-state index in [1.165, 1.54) is 0 Å². The number of aromatic nitrogens is 4. The van der Waals surface area contributed by atoms with Gasteiger partial charge in [-0.3, -0.25) is 4.40 Å². The number of methoxy groups -OCH3 is 1. The molecule has 0 saturated carbocycles. The van der Waals surface area contributed by atoms with Crippen molar-refractivity contribution in [3.05, 3.63) is 23.5 Å². The number of unbranched alkanes of at least 4 members (excludes halogenated alkanes) is 1. The molecule has 9 nitrogen and oxygen atoms in total. The predicted molar refractivity (Wildman–Crippen MR) is 112 cm³/mol. The quantitative estimate of drug-likeness (QED) is 0.560. The summed E-state index contributed by atoms with van der Waals surface area (Å²) in [4.78, 5) is 16.3. The molecule has 3 rings (SSSR count). The molecule has 2 heterocycles. The topological polar surface area (TPSA) is 103 Å². The van der Waals surface area contributed by atoms with Crippen molar-refractivity contribution in [3.63, 3.8) is 0 Å². The number of carbonyl (C=O) groups excluding carboxylic acids is 1. The van der Waals surface area contributed by atoms with Crippen LogP contribution >= 0.6 is 0 Å². The third-order valence-corrected chi connectivity index (χ3v) is 4.50. The standard InChI is InChI=1S/C20H28N6O3/c1-12(2)29-20(27)22-9-7-6-8-21-18-19-25-24-14(4)26(19)16-11-15(28-5)10-13(3)17(16)23-18/h10-12H,6-9H2,1-5H3,(H,21,23)(H,22,27). The molecule has 0 aliphatic heterocycles. The Morgan fingerprint density at radius 1 is 1.17 bits per heavy atom. The second-order valence-corrected chi connectivity index (χ2v) is 7.19. The van der Waals surface area contributed by atoms with Gasteiger partial charge in [0.2, 0.25) is 5.65 Å². The monoisotopic (exact) mass is 400 g/mol. The van der Waals surface area contributed by atoms with Crippen LogP contribution in [0.1, 0.15) is 38.1 Å². The molecule has 0 saturated heterocycles. The summed E-state index contributed by atoms with van der Waals surface area (Å²) in [6.45, 7) is 8.84. The van der Waals surface area contributed by atoms with Crippen LogP contribution in [0.5, 0.6) is 5.75 Å². The van der Waals surface area contributed by atoms with E-state index in [2.05, 4.69) is 20.8 Å². The van der Waals surface area contributed by atoms with Crippen molar-refractivity contribution in [1.82, 2.24) is 24.9 Å². The van der Waals surface area contributed by atoms with Crippen molar-refractivity contribution in [2.24, 2.45) is 0 Å². The number of hydrogen-bond donors (Lipinski definition) is 2. The van der Waals surface area contributed by atoms with Gasteiger partial charge < -0.3 is 20.1 Å². The molecule has 2 N–H and O–H groups in total. The largest absolute Gasteiger partial charge is 0.497 e. The molecule has 2 aromatic heterocycles. The van der Waals surface area contributed by atoms with Gasteiger partial charge in [-0.05, 0) is 52.2 Å². The lowest BCUT2D eigenvalue weighted by Gasteiger charge is -2.13. The van der Waals surface area contributed by atoms with E-state index in [-0.39, 0.29) is 12.2 Å². The summed E-state index contributed by atoms with van der Waals surface area (Å²) in [5, 5.41) is 14.6. The Bertz CT molecular complexity index is 1010. The van der Waals surface area contributed by atoms with Gasteiger partial charge in [0.1, 0.15) is 11.6 Å². The number of ether oxygens (including phenoxy) is 2. The van der Waals surface area contributed by atoms with E-state index in [9.17, 15) is 4.79 Å². The summed E-state index contributed by atoms with van der Waals surface area (Å²) in [6.07, 6.45) is 1.19. The fraction of sp³-hybridized carbons (Fsp3) is 0.500. The molecule has 0 bridgehead atoms. The van der Waals surface area contributed by atoms with Crippen LogP contribution in [0.15, 0.2) is 12.1 Å². The zero-order valence-corrected chi connectivity index (χ0v) is 17.6. The number of nitrogens with zero attached hydrogens (tertiary/aromatic N) is 4. The molecule has 1 aromatic carbocycles. The first-order valence-electron chi connectivity index (χ1n) is 9.79. The van der Waals surface area contributed by atoms with Crippen LogP contribution in [0.4, 0.5) is 10.6 Å². The number of aryl methyl sites for hydroxylation is 2. The lowest BCUT2D eigenvalue weighted by atomic mass is 10.2. The van der Waals surface area contributed by atoms with Gasteiger partial charge in [0, 0.05) is 19.2 Å². The average Bonchev–Trinajstić information content (AvgIpc) is 3.06. The van der Waals surface area contributed by atoms with Crippen LogP contribution in [0, 0.1) is 13.8 Å². The van der Waals surface area contributed by atoms with Gasteiger partial charge >= 0.3 is 6.09 Å². The van der Waals surface area contributed by atoms with E-state index in [1.54, 1.807) is 7.11 Å². The molecule has 0 radical (unpaired) electrons. The average molecular weight is 400 g/mol. The minimum Gasteiger partial charge on any atom is -0.497 e. The van der Waals surface area contributed by atoms with Crippen LogP contribution in [0.3, 0.4) is 0 Å². The maximum Gasteiger partial charge on any atom is 0.407 e. The lowest BCUT2D eigenvalue weighted by molar-refractivity contribution is 0.115. The Hall–Kier alpha value is -3.10. The van der Waals surface area contributed by atoms with E-state index >= 15 is 0 Å². The molecule has 156 valence electrons. The Labute approximate surface area is 169 Å². The number of carbonyl (C=O) groups is 1. The summed E-state index contributed by atoms with van der Waals surface area (Å²) >= 11 is 0. The molecule has 0 aliphatic carbocycles. The van der Waals surface area contributed by atoms with Crippen LogP contribution in [0.25, 0.3) is 16.7 Å². The molecular formula is C20H28N6O3. The molecule has 0 unspecified atom stereocenters. The second kappa shape index (κ2) is 8.93. The van der Waals surface area contributed by atoms with E-state index in [4.69, 9.17) is 14.5 Å². The molecule has 1 amide bonds. The molecule has 0 atom stereocenters. The minimum atomic E-state index is -0.379. The number of benzene rings is 1. The van der Waals surface area contributed by atoms with Crippen molar-refractivity contribution in [1.29, 1.82) is 0 Å². The molecule has 3 aromatic rings. The number of fused-ring (bicyclic) bond motifs is 3. The summed E-state index contributed by atoms with van der Waals surface area (Å²) in [7, 11) is 1.65. The van der Waals surface area contributed by atoms with Crippen molar-refractivity contribution >= 4 is 28.6 Å². The summed E-state index contributed by atoms with van der Waals surface area (Å²) in [5.41, 5.74) is 3.49. The van der Waals surface area contributed by atoms with Gasteiger partial charge in [-0.2, -0.15) is 0 Å². The summed E-state index contributed by atoms with van der Waals surface area (Å²) in [5.74, 6) is 2.25. The Balaban J connectivity index is 1.70. The second-order valence-electron chi connectivity index (χ2n) is 7.19. The number of hydrogen-bond acceptors (Lipinski definition) is 7. The van der Waals surface area contributed by atoms with Gasteiger partial charge in [-0.25, -0.2) is 9.78 Å². The lowest BCUT2D eigenvalue weighted by Crippen LogP contribution is -2.27. The fourth-order valence-corrected chi connectivity index (χ4v) is 3.15. The molecule has 0 spiro atoms. The van der Waals surface area contributed by atoms with Gasteiger partial charge in [0.15, 0.2) is 5.82 Å². The highest BCUT2D eigenvalue weighted by molar-refractivity contribution is 5.86. The van der Waals surface area contributed by atoms with Crippen LogP contribution in [0.2, 0.25) is 0 Å². The Morgan fingerprint density at radius 2 is 1.93 bits per heavy atom. The SMILES string of the molecule is COc1cc(C)c2nc(NCCCCNC(=O)OC(C)C)c3nnc(C)n3c2c1. The zero-order chi connectivity index (χ0) is 21.0. The number of anilines is 1. The van der Waals surface area contributed by atoms with Crippen LogP contribution < -0.4 is 15.4 Å². The smallest absolute Gasteiger partial charge is 0.407 e. The van der Waals surface area contributed by atoms with Crippen molar-refractivity contribution < 1.29 is 14.3 Å². The van der Waals surface area contributed by atoms with Crippen molar-refractivity contribution in [2.75, 3.05) is 25.5 Å². The number of nitrogens with one attached hydrogen (secondary N) is 2.